The van der Waals surface area contributed by atoms with Crippen LogP contribution in [-0.4, -0.2) is 22.5 Å². The second-order valence-corrected chi connectivity index (χ2v) is 5.45. The van der Waals surface area contributed by atoms with Crippen molar-refractivity contribution in [3.8, 4) is 0 Å². The van der Waals surface area contributed by atoms with Crippen LogP contribution in [0.15, 0.2) is 24.5 Å². The number of thioether (sulfide) groups is 1. The topological polar surface area (TPSA) is 24.9 Å². The summed E-state index contributed by atoms with van der Waals surface area (Å²) >= 11 is 2.10. The Morgan fingerprint density at radius 2 is 2.33 bits per heavy atom. The Morgan fingerprint density at radius 3 is 3.00 bits per heavy atom. The summed E-state index contributed by atoms with van der Waals surface area (Å²) in [7, 11) is 0. The summed E-state index contributed by atoms with van der Waals surface area (Å²) in [5.74, 6) is 1.34. The van der Waals surface area contributed by atoms with Gasteiger partial charge in [-0.05, 0) is 43.2 Å². The van der Waals surface area contributed by atoms with Gasteiger partial charge in [0, 0.05) is 30.2 Å². The maximum atomic E-state index is 4.03. The highest BCUT2D eigenvalue weighted by atomic mass is 32.2. The van der Waals surface area contributed by atoms with E-state index in [9.17, 15) is 0 Å². The maximum absolute atomic E-state index is 4.03. The van der Waals surface area contributed by atoms with Gasteiger partial charge in [-0.2, -0.15) is 11.8 Å². The molecule has 2 heterocycles. The molecule has 0 spiro atoms. The van der Waals surface area contributed by atoms with E-state index < -0.39 is 0 Å². The van der Waals surface area contributed by atoms with Gasteiger partial charge in [0.2, 0.25) is 0 Å². The van der Waals surface area contributed by atoms with Crippen molar-refractivity contribution in [2.45, 2.75) is 31.1 Å². The van der Waals surface area contributed by atoms with Gasteiger partial charge in [0.1, 0.15) is 0 Å². The highest BCUT2D eigenvalue weighted by molar-refractivity contribution is 8.00. The molecule has 3 heteroatoms. The molecule has 2 atom stereocenters. The van der Waals surface area contributed by atoms with Gasteiger partial charge in [0.15, 0.2) is 0 Å². The SMILES string of the molecule is CC(NCC1CCCS1)c1ccncc1. The summed E-state index contributed by atoms with van der Waals surface area (Å²) in [5.41, 5.74) is 1.33. The lowest BCUT2D eigenvalue weighted by Crippen LogP contribution is -2.26. The second kappa shape index (κ2) is 5.52. The standard InChI is InChI=1S/C12H18N2S/c1-10(11-4-6-13-7-5-11)14-9-12-3-2-8-15-12/h4-7,10,12,14H,2-3,8-9H2,1H3. The Balaban J connectivity index is 1.79. The van der Waals surface area contributed by atoms with Crippen LogP contribution in [0.3, 0.4) is 0 Å². The normalized spacial score (nSPS) is 22.9. The van der Waals surface area contributed by atoms with Crippen molar-refractivity contribution in [3.63, 3.8) is 0 Å². The largest absolute Gasteiger partial charge is 0.309 e. The van der Waals surface area contributed by atoms with E-state index in [0.29, 0.717) is 6.04 Å². The van der Waals surface area contributed by atoms with Crippen molar-refractivity contribution in [2.75, 3.05) is 12.3 Å². The first-order valence-electron chi connectivity index (χ1n) is 5.61. The molecule has 2 nitrogen and oxygen atoms in total. The molecule has 0 aromatic carbocycles. The lowest BCUT2D eigenvalue weighted by Gasteiger charge is -2.16. The third-order valence-corrected chi connectivity index (χ3v) is 4.28. The third kappa shape index (κ3) is 3.21. The quantitative estimate of drug-likeness (QED) is 0.847. The summed E-state index contributed by atoms with van der Waals surface area (Å²) in [6, 6.07) is 4.60. The van der Waals surface area contributed by atoms with Gasteiger partial charge in [0.25, 0.3) is 0 Å². The molecule has 1 aromatic heterocycles. The Bertz CT molecular complexity index is 283. The molecule has 1 aliphatic rings. The summed E-state index contributed by atoms with van der Waals surface area (Å²) in [4.78, 5) is 4.03. The molecule has 15 heavy (non-hydrogen) atoms. The number of aromatic nitrogens is 1. The Morgan fingerprint density at radius 1 is 1.53 bits per heavy atom. The molecule has 0 amide bonds. The van der Waals surface area contributed by atoms with Crippen LogP contribution in [0.5, 0.6) is 0 Å². The zero-order valence-corrected chi connectivity index (χ0v) is 9.96. The molecular formula is C12H18N2S. The lowest BCUT2D eigenvalue weighted by molar-refractivity contribution is 0.559. The van der Waals surface area contributed by atoms with Crippen molar-refractivity contribution >= 4 is 11.8 Å². The summed E-state index contributed by atoms with van der Waals surface area (Å²) in [6.45, 7) is 3.35. The predicted octanol–water partition coefficient (Wildman–Crippen LogP) is 2.63. The third-order valence-electron chi connectivity index (χ3n) is 2.88. The van der Waals surface area contributed by atoms with Gasteiger partial charge < -0.3 is 5.32 Å². The summed E-state index contributed by atoms with van der Waals surface area (Å²) < 4.78 is 0. The van der Waals surface area contributed by atoms with Crippen LogP contribution in [-0.2, 0) is 0 Å². The maximum Gasteiger partial charge on any atom is 0.0293 e. The Kier molecular flexibility index (Phi) is 4.03. The summed E-state index contributed by atoms with van der Waals surface area (Å²) in [5, 5.41) is 4.42. The molecule has 1 fully saturated rings. The molecule has 1 N–H and O–H groups in total. The van der Waals surface area contributed by atoms with E-state index in [1.807, 2.05) is 12.4 Å². The molecule has 2 unspecified atom stereocenters. The predicted molar refractivity (Wildman–Crippen MR) is 66.1 cm³/mol. The lowest BCUT2D eigenvalue weighted by atomic mass is 10.1. The zero-order valence-electron chi connectivity index (χ0n) is 9.15. The highest BCUT2D eigenvalue weighted by Crippen LogP contribution is 2.25. The molecule has 0 aliphatic carbocycles. The average molecular weight is 222 g/mol. The van der Waals surface area contributed by atoms with Crippen LogP contribution in [0, 0.1) is 0 Å². The second-order valence-electron chi connectivity index (χ2n) is 4.05. The molecule has 1 saturated heterocycles. The van der Waals surface area contributed by atoms with Gasteiger partial charge in [-0.25, -0.2) is 0 Å². The molecule has 0 bridgehead atoms. The van der Waals surface area contributed by atoms with E-state index in [-0.39, 0.29) is 0 Å². The molecule has 82 valence electrons. The average Bonchev–Trinajstić information content (AvgIpc) is 2.80. The molecule has 1 aromatic rings. The zero-order chi connectivity index (χ0) is 10.5. The van der Waals surface area contributed by atoms with Crippen molar-refractivity contribution in [3.05, 3.63) is 30.1 Å². The van der Waals surface area contributed by atoms with Gasteiger partial charge in [-0.15, -0.1) is 0 Å². The minimum atomic E-state index is 0.439. The first kappa shape index (κ1) is 11.0. The van der Waals surface area contributed by atoms with Gasteiger partial charge >= 0.3 is 0 Å². The van der Waals surface area contributed by atoms with E-state index in [0.717, 1.165) is 11.8 Å². The van der Waals surface area contributed by atoms with Crippen LogP contribution in [0.4, 0.5) is 0 Å². The smallest absolute Gasteiger partial charge is 0.0293 e. The number of hydrogen-bond acceptors (Lipinski definition) is 3. The number of rotatable bonds is 4. The van der Waals surface area contributed by atoms with Crippen molar-refractivity contribution in [1.29, 1.82) is 0 Å². The van der Waals surface area contributed by atoms with Gasteiger partial charge in [-0.1, -0.05) is 0 Å². The fourth-order valence-corrected chi connectivity index (χ4v) is 3.10. The van der Waals surface area contributed by atoms with Gasteiger partial charge in [-0.3, -0.25) is 4.98 Å². The minimum Gasteiger partial charge on any atom is -0.309 e. The van der Waals surface area contributed by atoms with E-state index in [4.69, 9.17) is 0 Å². The minimum absolute atomic E-state index is 0.439. The molecule has 2 rings (SSSR count). The fraction of sp³-hybridized carbons (Fsp3) is 0.583. The monoisotopic (exact) mass is 222 g/mol. The van der Waals surface area contributed by atoms with Gasteiger partial charge in [0.05, 0.1) is 0 Å². The highest BCUT2D eigenvalue weighted by Gasteiger charge is 2.16. The van der Waals surface area contributed by atoms with Crippen LogP contribution in [0.2, 0.25) is 0 Å². The Labute approximate surface area is 95.9 Å². The summed E-state index contributed by atoms with van der Waals surface area (Å²) in [6.07, 6.45) is 6.48. The molecule has 0 saturated carbocycles. The van der Waals surface area contributed by atoms with Crippen molar-refractivity contribution in [1.82, 2.24) is 10.3 Å². The number of nitrogens with zero attached hydrogens (tertiary/aromatic N) is 1. The first-order valence-corrected chi connectivity index (χ1v) is 6.66. The number of hydrogen-bond donors (Lipinski definition) is 1. The van der Waals surface area contributed by atoms with Crippen LogP contribution in [0.1, 0.15) is 31.4 Å². The first-order chi connectivity index (χ1) is 7.36. The van der Waals surface area contributed by atoms with E-state index in [1.165, 1.54) is 24.2 Å². The molecule has 0 radical (unpaired) electrons. The number of nitrogens with one attached hydrogen (secondary N) is 1. The van der Waals surface area contributed by atoms with Crippen LogP contribution in [0.25, 0.3) is 0 Å². The van der Waals surface area contributed by atoms with E-state index in [1.54, 1.807) is 0 Å². The van der Waals surface area contributed by atoms with E-state index in [2.05, 4.69) is 41.1 Å². The van der Waals surface area contributed by atoms with Crippen LogP contribution < -0.4 is 5.32 Å². The van der Waals surface area contributed by atoms with E-state index >= 15 is 0 Å². The fourth-order valence-electron chi connectivity index (χ4n) is 1.88. The molecule has 1 aliphatic heterocycles. The molecular weight excluding hydrogens is 204 g/mol. The van der Waals surface area contributed by atoms with Crippen LogP contribution >= 0.6 is 11.8 Å². The Hall–Kier alpha value is -0.540. The van der Waals surface area contributed by atoms with Crippen molar-refractivity contribution < 1.29 is 0 Å². The van der Waals surface area contributed by atoms with Crippen molar-refractivity contribution in [2.24, 2.45) is 0 Å². The number of pyridine rings is 1.